The Morgan fingerprint density at radius 3 is 2.75 bits per heavy atom. The molecule has 0 aliphatic rings. The summed E-state index contributed by atoms with van der Waals surface area (Å²) >= 11 is 0. The SMILES string of the molecule is C=C(C)N(Cc1cccnc1)Cc1cc(F)ccc1C. The van der Waals surface area contributed by atoms with Crippen LogP contribution < -0.4 is 0 Å². The van der Waals surface area contributed by atoms with Gasteiger partial charge < -0.3 is 4.90 Å². The summed E-state index contributed by atoms with van der Waals surface area (Å²) in [4.78, 5) is 6.24. The molecule has 1 aromatic heterocycles. The van der Waals surface area contributed by atoms with Crippen molar-refractivity contribution in [3.8, 4) is 0 Å². The van der Waals surface area contributed by atoms with Crippen LogP contribution in [0.2, 0.25) is 0 Å². The summed E-state index contributed by atoms with van der Waals surface area (Å²) in [5.74, 6) is -0.200. The van der Waals surface area contributed by atoms with Crippen LogP contribution in [0.1, 0.15) is 23.6 Å². The van der Waals surface area contributed by atoms with Crippen molar-refractivity contribution in [2.45, 2.75) is 26.9 Å². The zero-order valence-electron chi connectivity index (χ0n) is 11.9. The molecule has 0 amide bonds. The normalized spacial score (nSPS) is 10.3. The van der Waals surface area contributed by atoms with E-state index in [-0.39, 0.29) is 5.82 Å². The molecule has 0 saturated carbocycles. The molecule has 0 aliphatic heterocycles. The third-order valence-corrected chi connectivity index (χ3v) is 3.31. The molecule has 0 bridgehead atoms. The zero-order valence-corrected chi connectivity index (χ0v) is 11.9. The maximum absolute atomic E-state index is 13.4. The van der Waals surface area contributed by atoms with Crippen LogP contribution in [0.25, 0.3) is 0 Å². The number of aryl methyl sites for hydroxylation is 1. The molecule has 2 nitrogen and oxygen atoms in total. The van der Waals surface area contributed by atoms with Crippen LogP contribution >= 0.6 is 0 Å². The van der Waals surface area contributed by atoms with Crippen molar-refractivity contribution in [1.82, 2.24) is 9.88 Å². The first-order valence-electron chi connectivity index (χ1n) is 6.60. The first kappa shape index (κ1) is 14.3. The van der Waals surface area contributed by atoms with Gasteiger partial charge >= 0.3 is 0 Å². The van der Waals surface area contributed by atoms with Gasteiger partial charge in [0.15, 0.2) is 0 Å². The number of benzene rings is 1. The van der Waals surface area contributed by atoms with E-state index in [9.17, 15) is 4.39 Å². The number of pyridine rings is 1. The van der Waals surface area contributed by atoms with E-state index in [0.29, 0.717) is 6.54 Å². The average Bonchev–Trinajstić information content (AvgIpc) is 2.43. The fourth-order valence-electron chi connectivity index (χ4n) is 2.05. The molecule has 2 rings (SSSR count). The molecular weight excluding hydrogens is 251 g/mol. The maximum Gasteiger partial charge on any atom is 0.123 e. The Morgan fingerprint density at radius 1 is 1.30 bits per heavy atom. The molecule has 0 spiro atoms. The van der Waals surface area contributed by atoms with E-state index in [4.69, 9.17) is 0 Å². The number of hydrogen-bond donors (Lipinski definition) is 0. The van der Waals surface area contributed by atoms with Gasteiger partial charge in [-0.05, 0) is 48.7 Å². The van der Waals surface area contributed by atoms with Gasteiger partial charge in [0.25, 0.3) is 0 Å². The number of hydrogen-bond acceptors (Lipinski definition) is 2. The Labute approximate surface area is 119 Å². The molecule has 1 aromatic carbocycles. The predicted octanol–water partition coefficient (Wildman–Crippen LogP) is 4.06. The van der Waals surface area contributed by atoms with Gasteiger partial charge in [-0.1, -0.05) is 18.7 Å². The van der Waals surface area contributed by atoms with Crippen LogP contribution in [-0.4, -0.2) is 9.88 Å². The second-order valence-electron chi connectivity index (χ2n) is 5.02. The van der Waals surface area contributed by atoms with Crippen LogP contribution in [0, 0.1) is 12.7 Å². The van der Waals surface area contributed by atoms with E-state index in [1.807, 2.05) is 38.2 Å². The average molecular weight is 270 g/mol. The lowest BCUT2D eigenvalue weighted by Crippen LogP contribution is -2.21. The van der Waals surface area contributed by atoms with Gasteiger partial charge in [0, 0.05) is 31.2 Å². The number of halogens is 1. The minimum absolute atomic E-state index is 0.200. The summed E-state index contributed by atoms with van der Waals surface area (Å²) in [5, 5.41) is 0. The van der Waals surface area contributed by atoms with Crippen molar-refractivity contribution in [2.24, 2.45) is 0 Å². The third kappa shape index (κ3) is 3.67. The highest BCUT2D eigenvalue weighted by Gasteiger charge is 2.09. The fraction of sp³-hybridized carbons (Fsp3) is 0.235. The number of nitrogens with zero attached hydrogens (tertiary/aromatic N) is 2. The summed E-state index contributed by atoms with van der Waals surface area (Å²) < 4.78 is 13.4. The standard InChI is InChI=1S/C17H19FN2/c1-13(2)20(11-15-5-4-8-19-10-15)12-16-9-17(18)7-6-14(16)3/h4-10H,1,11-12H2,2-3H3. The minimum Gasteiger partial charge on any atom is -0.367 e. The Kier molecular flexibility index (Phi) is 4.51. The fourth-order valence-corrected chi connectivity index (χ4v) is 2.05. The molecule has 0 fully saturated rings. The van der Waals surface area contributed by atoms with Gasteiger partial charge in [-0.15, -0.1) is 0 Å². The predicted molar refractivity (Wildman–Crippen MR) is 79.4 cm³/mol. The molecule has 0 aliphatic carbocycles. The van der Waals surface area contributed by atoms with E-state index in [0.717, 1.165) is 28.9 Å². The van der Waals surface area contributed by atoms with Gasteiger partial charge in [-0.3, -0.25) is 4.98 Å². The summed E-state index contributed by atoms with van der Waals surface area (Å²) in [7, 11) is 0. The van der Waals surface area contributed by atoms with Gasteiger partial charge in [0.2, 0.25) is 0 Å². The summed E-state index contributed by atoms with van der Waals surface area (Å²) in [6.45, 7) is 9.34. The maximum atomic E-state index is 13.4. The monoisotopic (exact) mass is 270 g/mol. The Morgan fingerprint density at radius 2 is 2.10 bits per heavy atom. The highest BCUT2D eigenvalue weighted by molar-refractivity contribution is 5.27. The van der Waals surface area contributed by atoms with Crippen molar-refractivity contribution < 1.29 is 4.39 Å². The van der Waals surface area contributed by atoms with E-state index < -0.39 is 0 Å². The molecule has 0 saturated heterocycles. The van der Waals surface area contributed by atoms with E-state index in [2.05, 4.69) is 16.5 Å². The molecule has 104 valence electrons. The Bertz CT molecular complexity index is 593. The van der Waals surface area contributed by atoms with Crippen molar-refractivity contribution in [3.63, 3.8) is 0 Å². The van der Waals surface area contributed by atoms with Crippen LogP contribution in [-0.2, 0) is 13.1 Å². The van der Waals surface area contributed by atoms with Crippen LogP contribution in [0.5, 0.6) is 0 Å². The largest absolute Gasteiger partial charge is 0.367 e. The molecule has 0 radical (unpaired) electrons. The second kappa shape index (κ2) is 6.33. The first-order chi connectivity index (χ1) is 9.56. The Hall–Kier alpha value is -2.16. The first-order valence-corrected chi connectivity index (χ1v) is 6.60. The quantitative estimate of drug-likeness (QED) is 0.814. The zero-order chi connectivity index (χ0) is 14.5. The summed E-state index contributed by atoms with van der Waals surface area (Å²) in [6, 6.07) is 8.84. The molecule has 1 heterocycles. The van der Waals surface area contributed by atoms with Crippen molar-refractivity contribution in [2.75, 3.05) is 0 Å². The molecule has 3 heteroatoms. The molecular formula is C17H19FN2. The van der Waals surface area contributed by atoms with Gasteiger partial charge in [0.1, 0.15) is 5.82 Å². The molecule has 0 N–H and O–H groups in total. The topological polar surface area (TPSA) is 16.1 Å². The lowest BCUT2D eigenvalue weighted by Gasteiger charge is -2.25. The van der Waals surface area contributed by atoms with E-state index >= 15 is 0 Å². The number of aromatic nitrogens is 1. The van der Waals surface area contributed by atoms with E-state index in [1.54, 1.807) is 12.3 Å². The summed E-state index contributed by atoms with van der Waals surface area (Å²) in [5.41, 5.74) is 4.14. The van der Waals surface area contributed by atoms with Gasteiger partial charge in [0.05, 0.1) is 0 Å². The van der Waals surface area contributed by atoms with Crippen LogP contribution in [0.3, 0.4) is 0 Å². The van der Waals surface area contributed by atoms with Crippen LogP contribution in [0.15, 0.2) is 55.0 Å². The number of allylic oxidation sites excluding steroid dienone is 1. The van der Waals surface area contributed by atoms with Gasteiger partial charge in [-0.2, -0.15) is 0 Å². The second-order valence-corrected chi connectivity index (χ2v) is 5.02. The van der Waals surface area contributed by atoms with Crippen molar-refractivity contribution >= 4 is 0 Å². The summed E-state index contributed by atoms with van der Waals surface area (Å²) in [6.07, 6.45) is 3.60. The Balaban J connectivity index is 2.18. The highest BCUT2D eigenvalue weighted by atomic mass is 19.1. The van der Waals surface area contributed by atoms with Crippen molar-refractivity contribution in [3.05, 3.63) is 77.5 Å². The van der Waals surface area contributed by atoms with Crippen LogP contribution in [0.4, 0.5) is 4.39 Å². The van der Waals surface area contributed by atoms with Gasteiger partial charge in [-0.25, -0.2) is 4.39 Å². The molecule has 20 heavy (non-hydrogen) atoms. The van der Waals surface area contributed by atoms with E-state index in [1.165, 1.54) is 6.07 Å². The lowest BCUT2D eigenvalue weighted by molar-refractivity contribution is 0.329. The highest BCUT2D eigenvalue weighted by Crippen LogP contribution is 2.17. The molecule has 0 atom stereocenters. The molecule has 0 unspecified atom stereocenters. The third-order valence-electron chi connectivity index (χ3n) is 3.31. The number of rotatable bonds is 5. The smallest absolute Gasteiger partial charge is 0.123 e. The van der Waals surface area contributed by atoms with Crippen molar-refractivity contribution in [1.29, 1.82) is 0 Å². The minimum atomic E-state index is -0.200. The lowest BCUT2D eigenvalue weighted by atomic mass is 10.1. The molecule has 2 aromatic rings.